The number of ether oxygens (including phenoxy) is 2. The van der Waals surface area contributed by atoms with Gasteiger partial charge in [0.2, 0.25) is 0 Å². The fraction of sp³-hybridized carbons (Fsp3) is 0.784. The Labute approximate surface area is 254 Å². The molecule has 0 saturated heterocycles. The van der Waals surface area contributed by atoms with Crippen molar-refractivity contribution in [1.82, 2.24) is 0 Å². The van der Waals surface area contributed by atoms with Crippen molar-refractivity contribution in [3.05, 3.63) is 35.4 Å². The monoisotopic (exact) mass is 574 g/mol. The van der Waals surface area contributed by atoms with Gasteiger partial charge in [-0.25, -0.2) is 9.59 Å². The van der Waals surface area contributed by atoms with Crippen LogP contribution in [0, 0.1) is 0 Å². The normalized spacial score (nSPS) is 10.6. The smallest absolute Gasteiger partial charge is 0.339 e. The summed E-state index contributed by atoms with van der Waals surface area (Å²) >= 11 is 0. The zero-order chi connectivity index (χ0) is 30.2. The first-order valence-corrected chi connectivity index (χ1v) is 17.5. The van der Waals surface area contributed by atoms with Crippen molar-refractivity contribution in [3.8, 4) is 0 Å². The van der Waals surface area contributed by atoms with Gasteiger partial charge in [-0.05, 0) is 25.0 Å². The van der Waals surface area contributed by atoms with Crippen molar-refractivity contribution in [2.45, 2.75) is 175 Å². The topological polar surface area (TPSA) is 52.6 Å². The molecule has 1 rings (SSSR count). The molecule has 0 saturated carbocycles. The van der Waals surface area contributed by atoms with E-state index in [0.29, 0.717) is 24.3 Å². The molecule has 0 radical (unpaired) electrons. The van der Waals surface area contributed by atoms with Crippen molar-refractivity contribution >= 4 is 11.9 Å². The fourth-order valence-corrected chi connectivity index (χ4v) is 4.83. The summed E-state index contributed by atoms with van der Waals surface area (Å²) in [5.74, 6) is -0.888. The Balaban J connectivity index is 0.00000103. The Bertz CT molecular complexity index is 656. The third-order valence-corrected chi connectivity index (χ3v) is 7.54. The second-order valence-electron chi connectivity index (χ2n) is 11.5. The van der Waals surface area contributed by atoms with Crippen LogP contribution in [0.2, 0.25) is 0 Å². The maximum absolute atomic E-state index is 12.4. The molecule has 0 heterocycles. The zero-order valence-corrected chi connectivity index (χ0v) is 27.6. The van der Waals surface area contributed by atoms with Gasteiger partial charge in [0.15, 0.2) is 0 Å². The van der Waals surface area contributed by atoms with Gasteiger partial charge in [-0.15, -0.1) is 0 Å². The molecule has 4 heteroatoms. The van der Waals surface area contributed by atoms with E-state index >= 15 is 0 Å². The lowest BCUT2D eigenvalue weighted by atomic mass is 10.1. The summed E-state index contributed by atoms with van der Waals surface area (Å²) in [7, 11) is 0. The molecule has 0 aliphatic heterocycles. The lowest BCUT2D eigenvalue weighted by Crippen LogP contribution is -2.15. The molecule has 41 heavy (non-hydrogen) atoms. The summed E-state index contributed by atoms with van der Waals surface area (Å²) in [5, 5.41) is 0. The standard InChI is InChI=1S/C24H38O4.C13H28/c1-3-5-7-9-11-15-19-27-23(25)21-17-13-14-18-22(21)24(26)28-20-16-12-10-8-6-4-2;1-3-5-7-9-11-13-12-10-8-6-4-2/h13-14,17-18H,3-12,15-16,19-20H2,1-2H3;3-13H2,1-2H3. The minimum atomic E-state index is -0.444. The molecule has 0 spiro atoms. The van der Waals surface area contributed by atoms with E-state index in [4.69, 9.17) is 9.47 Å². The summed E-state index contributed by atoms with van der Waals surface area (Å²) < 4.78 is 10.7. The maximum atomic E-state index is 12.4. The molecule has 0 amide bonds. The molecule has 1 aromatic rings. The van der Waals surface area contributed by atoms with E-state index < -0.39 is 11.9 Å². The fourth-order valence-electron chi connectivity index (χ4n) is 4.83. The Kier molecular flexibility index (Phi) is 29.7. The van der Waals surface area contributed by atoms with Crippen LogP contribution < -0.4 is 0 Å². The average Bonchev–Trinajstić information content (AvgIpc) is 2.99. The van der Waals surface area contributed by atoms with Crippen molar-refractivity contribution < 1.29 is 19.1 Å². The first-order valence-electron chi connectivity index (χ1n) is 17.5. The van der Waals surface area contributed by atoms with E-state index in [1.54, 1.807) is 24.3 Å². The van der Waals surface area contributed by atoms with Crippen LogP contribution in [0.3, 0.4) is 0 Å². The maximum Gasteiger partial charge on any atom is 0.339 e. The second kappa shape index (κ2) is 31.1. The van der Waals surface area contributed by atoms with Gasteiger partial charge in [0.1, 0.15) is 0 Å². The summed E-state index contributed by atoms with van der Waals surface area (Å²) in [6.45, 7) is 9.74. The van der Waals surface area contributed by atoms with E-state index in [1.807, 2.05) is 0 Å². The molecule has 0 bridgehead atoms. The van der Waals surface area contributed by atoms with Gasteiger partial charge in [0.05, 0.1) is 24.3 Å². The molecular formula is C37H66O4. The van der Waals surface area contributed by atoms with E-state index in [-0.39, 0.29) is 0 Å². The highest BCUT2D eigenvalue weighted by Gasteiger charge is 2.18. The third-order valence-electron chi connectivity index (χ3n) is 7.54. The molecule has 0 fully saturated rings. The van der Waals surface area contributed by atoms with Gasteiger partial charge < -0.3 is 9.47 Å². The van der Waals surface area contributed by atoms with Crippen LogP contribution in [0.1, 0.15) is 196 Å². The predicted molar refractivity (Wildman–Crippen MR) is 176 cm³/mol. The van der Waals surface area contributed by atoms with Gasteiger partial charge in [0, 0.05) is 0 Å². The minimum absolute atomic E-state index is 0.293. The highest BCUT2D eigenvalue weighted by Crippen LogP contribution is 2.14. The van der Waals surface area contributed by atoms with Crippen LogP contribution in [0.5, 0.6) is 0 Å². The highest BCUT2D eigenvalue weighted by molar-refractivity contribution is 6.03. The molecule has 238 valence electrons. The molecule has 0 aliphatic rings. The van der Waals surface area contributed by atoms with Gasteiger partial charge in [-0.1, -0.05) is 175 Å². The number of benzene rings is 1. The molecular weight excluding hydrogens is 508 g/mol. The summed E-state index contributed by atoms with van der Waals surface area (Å²) in [6, 6.07) is 6.74. The summed E-state index contributed by atoms with van der Waals surface area (Å²) in [4.78, 5) is 24.7. The van der Waals surface area contributed by atoms with E-state index in [0.717, 1.165) is 25.7 Å². The number of esters is 2. The Morgan fingerprint density at radius 2 is 0.659 bits per heavy atom. The molecule has 0 N–H and O–H groups in total. The SMILES string of the molecule is CCCCCCCCCCCCC.CCCCCCCCOC(=O)c1ccccc1C(=O)OCCCCCCCC. The van der Waals surface area contributed by atoms with E-state index in [1.165, 1.54) is 122 Å². The number of unbranched alkanes of at least 4 members (excludes halogenated alkanes) is 20. The van der Waals surface area contributed by atoms with Gasteiger partial charge in [-0.2, -0.15) is 0 Å². The van der Waals surface area contributed by atoms with Crippen LogP contribution in [-0.4, -0.2) is 25.2 Å². The minimum Gasteiger partial charge on any atom is -0.462 e. The summed E-state index contributed by atoms with van der Waals surface area (Å²) in [5.41, 5.74) is 0.586. The summed E-state index contributed by atoms with van der Waals surface area (Å²) in [6.07, 6.45) is 29.6. The van der Waals surface area contributed by atoms with Crippen LogP contribution in [0.25, 0.3) is 0 Å². The van der Waals surface area contributed by atoms with Crippen LogP contribution in [0.4, 0.5) is 0 Å². The predicted octanol–water partition coefficient (Wildman–Crippen LogP) is 12.0. The van der Waals surface area contributed by atoms with Crippen LogP contribution in [-0.2, 0) is 9.47 Å². The number of hydrogen-bond acceptors (Lipinski definition) is 4. The van der Waals surface area contributed by atoms with Gasteiger partial charge >= 0.3 is 11.9 Å². The Hall–Kier alpha value is -1.84. The molecule has 0 aliphatic carbocycles. The zero-order valence-electron chi connectivity index (χ0n) is 27.6. The number of rotatable bonds is 26. The molecule has 4 nitrogen and oxygen atoms in total. The lowest BCUT2D eigenvalue weighted by molar-refractivity contribution is 0.0450. The van der Waals surface area contributed by atoms with Crippen LogP contribution >= 0.6 is 0 Å². The van der Waals surface area contributed by atoms with Crippen molar-refractivity contribution in [2.75, 3.05) is 13.2 Å². The largest absolute Gasteiger partial charge is 0.462 e. The number of carbonyl (C=O) groups excluding carboxylic acids is 2. The van der Waals surface area contributed by atoms with Crippen LogP contribution in [0.15, 0.2) is 24.3 Å². The number of hydrogen-bond donors (Lipinski definition) is 0. The van der Waals surface area contributed by atoms with Crippen molar-refractivity contribution in [1.29, 1.82) is 0 Å². The van der Waals surface area contributed by atoms with Crippen molar-refractivity contribution in [3.63, 3.8) is 0 Å². The van der Waals surface area contributed by atoms with E-state index in [9.17, 15) is 9.59 Å². The van der Waals surface area contributed by atoms with E-state index in [2.05, 4.69) is 27.7 Å². The molecule has 1 aromatic carbocycles. The van der Waals surface area contributed by atoms with Gasteiger partial charge in [0.25, 0.3) is 0 Å². The lowest BCUT2D eigenvalue weighted by Gasteiger charge is -2.10. The highest BCUT2D eigenvalue weighted by atomic mass is 16.5. The molecule has 0 atom stereocenters. The third kappa shape index (κ3) is 24.5. The number of carbonyl (C=O) groups is 2. The van der Waals surface area contributed by atoms with Crippen molar-refractivity contribution in [2.24, 2.45) is 0 Å². The first-order chi connectivity index (χ1) is 20.1. The second-order valence-corrected chi connectivity index (χ2v) is 11.5. The quantitative estimate of drug-likeness (QED) is 0.0815. The molecule has 0 aromatic heterocycles. The Morgan fingerprint density at radius 1 is 0.415 bits per heavy atom. The average molecular weight is 575 g/mol. The Morgan fingerprint density at radius 3 is 0.927 bits per heavy atom. The first kappa shape index (κ1) is 39.2. The molecule has 0 unspecified atom stereocenters. The van der Waals surface area contributed by atoms with Gasteiger partial charge in [-0.3, -0.25) is 0 Å².